The van der Waals surface area contributed by atoms with Crippen LogP contribution in [0, 0.1) is 0 Å². The van der Waals surface area contributed by atoms with Gasteiger partial charge < -0.3 is 9.47 Å². The molecule has 1 saturated heterocycles. The van der Waals surface area contributed by atoms with Gasteiger partial charge in [-0.1, -0.05) is 13.8 Å². The number of cyclic esters (lactones) is 2. The van der Waals surface area contributed by atoms with Crippen molar-refractivity contribution in [1.82, 2.24) is 0 Å². The summed E-state index contributed by atoms with van der Waals surface area (Å²) in [6.07, 6.45) is 0.740. The second-order valence-electron chi connectivity index (χ2n) is 2.74. The average Bonchev–Trinajstić information content (AvgIpc) is 2.02. The van der Waals surface area contributed by atoms with Crippen LogP contribution in [-0.2, 0) is 19.1 Å². The zero-order valence-corrected chi connectivity index (χ0v) is 7.25. The topological polar surface area (TPSA) is 52.6 Å². The van der Waals surface area contributed by atoms with Crippen molar-refractivity contribution in [1.29, 1.82) is 0 Å². The second-order valence-corrected chi connectivity index (χ2v) is 2.74. The lowest BCUT2D eigenvalue weighted by Crippen LogP contribution is -2.44. The summed E-state index contributed by atoms with van der Waals surface area (Å²) in [4.78, 5) is 21.8. The van der Waals surface area contributed by atoms with Crippen LogP contribution in [-0.4, -0.2) is 17.7 Å². The molecule has 0 atom stereocenters. The largest absolute Gasteiger partial charge is 0.422 e. The van der Waals surface area contributed by atoms with E-state index in [-0.39, 0.29) is 6.42 Å². The Kier molecular flexibility index (Phi) is 2.35. The van der Waals surface area contributed by atoms with E-state index in [4.69, 9.17) is 9.47 Å². The van der Waals surface area contributed by atoms with Gasteiger partial charge in [-0.2, -0.15) is 0 Å². The van der Waals surface area contributed by atoms with Crippen LogP contribution in [0.5, 0.6) is 0 Å². The first-order chi connectivity index (χ1) is 5.62. The van der Waals surface area contributed by atoms with Crippen LogP contribution in [0.3, 0.4) is 0 Å². The molecule has 0 aromatic carbocycles. The molecule has 1 fully saturated rings. The molecule has 0 amide bonds. The Morgan fingerprint density at radius 3 is 1.92 bits per heavy atom. The highest BCUT2D eigenvalue weighted by Crippen LogP contribution is 2.27. The van der Waals surface area contributed by atoms with Gasteiger partial charge in [0.2, 0.25) is 0 Å². The van der Waals surface area contributed by atoms with Crippen molar-refractivity contribution in [3.05, 3.63) is 0 Å². The van der Waals surface area contributed by atoms with Gasteiger partial charge in [-0.15, -0.1) is 0 Å². The third-order valence-electron chi connectivity index (χ3n) is 1.97. The highest BCUT2D eigenvalue weighted by molar-refractivity contribution is 5.93. The number of hydrogen-bond donors (Lipinski definition) is 0. The fraction of sp³-hybridized carbons (Fsp3) is 0.750. The molecule has 0 bridgehead atoms. The minimum Gasteiger partial charge on any atom is -0.422 e. The number of hydrogen-bond acceptors (Lipinski definition) is 4. The summed E-state index contributed by atoms with van der Waals surface area (Å²) in [6.45, 7) is 3.63. The molecule has 12 heavy (non-hydrogen) atoms. The predicted octanol–water partition coefficient (Wildman–Crippen LogP) is 0.993. The van der Waals surface area contributed by atoms with Crippen molar-refractivity contribution in [3.8, 4) is 0 Å². The molecule has 68 valence electrons. The summed E-state index contributed by atoms with van der Waals surface area (Å²) < 4.78 is 9.92. The van der Waals surface area contributed by atoms with Crippen LogP contribution in [0.15, 0.2) is 0 Å². The number of esters is 2. The van der Waals surface area contributed by atoms with Gasteiger partial charge in [-0.05, 0) is 0 Å². The van der Waals surface area contributed by atoms with Crippen LogP contribution in [0.25, 0.3) is 0 Å². The lowest BCUT2D eigenvalue weighted by atomic mass is 10.1. The molecule has 0 aromatic heterocycles. The normalized spacial score (nSPS) is 21.5. The Balaban J connectivity index is 2.76. The van der Waals surface area contributed by atoms with Gasteiger partial charge in [0.1, 0.15) is 6.42 Å². The highest BCUT2D eigenvalue weighted by atomic mass is 16.7. The maximum atomic E-state index is 10.9. The summed E-state index contributed by atoms with van der Waals surface area (Å²) in [5, 5.41) is 0. The second kappa shape index (κ2) is 3.13. The van der Waals surface area contributed by atoms with Gasteiger partial charge in [-0.3, -0.25) is 9.59 Å². The van der Waals surface area contributed by atoms with Crippen molar-refractivity contribution in [2.24, 2.45) is 0 Å². The Morgan fingerprint density at radius 2 is 1.58 bits per heavy atom. The fourth-order valence-corrected chi connectivity index (χ4v) is 1.16. The molecule has 4 nitrogen and oxygen atoms in total. The van der Waals surface area contributed by atoms with Crippen molar-refractivity contribution in [2.45, 2.75) is 38.9 Å². The predicted molar refractivity (Wildman–Crippen MR) is 40.1 cm³/mol. The third-order valence-corrected chi connectivity index (χ3v) is 1.97. The summed E-state index contributed by atoms with van der Waals surface area (Å²) in [7, 11) is 0. The summed E-state index contributed by atoms with van der Waals surface area (Å²) in [5.74, 6) is -1.98. The smallest absolute Gasteiger partial charge is 0.320 e. The Labute approximate surface area is 70.8 Å². The van der Waals surface area contributed by atoms with Gasteiger partial charge in [0, 0.05) is 12.8 Å². The molecular formula is C8H12O4. The quantitative estimate of drug-likeness (QED) is 0.460. The summed E-state index contributed by atoms with van der Waals surface area (Å²) >= 11 is 0. The van der Waals surface area contributed by atoms with E-state index in [9.17, 15) is 9.59 Å². The van der Waals surface area contributed by atoms with Crippen LogP contribution in [0.4, 0.5) is 0 Å². The maximum Gasteiger partial charge on any atom is 0.320 e. The molecule has 0 radical (unpaired) electrons. The SMILES string of the molecule is CCC1(CC)OC(=O)CC(=O)O1. The summed E-state index contributed by atoms with van der Waals surface area (Å²) in [5.41, 5.74) is 0. The first-order valence-corrected chi connectivity index (χ1v) is 4.05. The molecule has 4 heteroatoms. The van der Waals surface area contributed by atoms with Gasteiger partial charge >= 0.3 is 11.9 Å². The Bertz CT molecular complexity index is 187. The minimum atomic E-state index is -0.994. The lowest BCUT2D eigenvalue weighted by Gasteiger charge is -2.33. The number of carbonyl (C=O) groups excluding carboxylic acids is 2. The Morgan fingerprint density at radius 1 is 1.17 bits per heavy atom. The molecule has 1 heterocycles. The van der Waals surface area contributed by atoms with E-state index in [2.05, 4.69) is 0 Å². The number of ether oxygens (including phenoxy) is 2. The van der Waals surface area contributed by atoms with E-state index >= 15 is 0 Å². The first kappa shape index (κ1) is 9.03. The molecule has 1 rings (SSSR count). The van der Waals surface area contributed by atoms with Crippen molar-refractivity contribution < 1.29 is 19.1 Å². The standard InChI is InChI=1S/C8H12O4/c1-3-8(4-2)11-6(9)5-7(10)12-8/h3-5H2,1-2H3. The number of carbonyl (C=O) groups is 2. The van der Waals surface area contributed by atoms with Crippen molar-refractivity contribution >= 4 is 11.9 Å². The van der Waals surface area contributed by atoms with Gasteiger partial charge in [-0.25, -0.2) is 0 Å². The zero-order valence-electron chi connectivity index (χ0n) is 7.25. The molecule has 0 saturated carbocycles. The summed E-state index contributed by atoms with van der Waals surface area (Å²) in [6, 6.07) is 0. The molecule has 0 aromatic rings. The van der Waals surface area contributed by atoms with E-state index in [1.165, 1.54) is 0 Å². The van der Waals surface area contributed by atoms with Gasteiger partial charge in [0.05, 0.1) is 0 Å². The zero-order chi connectivity index (χ0) is 9.19. The molecule has 1 aliphatic rings. The third kappa shape index (κ3) is 1.57. The van der Waals surface area contributed by atoms with Crippen LogP contribution in [0.1, 0.15) is 33.1 Å². The van der Waals surface area contributed by atoms with Crippen LogP contribution >= 0.6 is 0 Å². The monoisotopic (exact) mass is 172 g/mol. The molecule has 0 N–H and O–H groups in total. The van der Waals surface area contributed by atoms with E-state index in [1.807, 2.05) is 13.8 Å². The molecule has 1 aliphatic heterocycles. The maximum absolute atomic E-state index is 10.9. The average molecular weight is 172 g/mol. The molecular weight excluding hydrogens is 160 g/mol. The fourth-order valence-electron chi connectivity index (χ4n) is 1.16. The Hall–Kier alpha value is -1.06. The van der Waals surface area contributed by atoms with E-state index in [1.54, 1.807) is 0 Å². The van der Waals surface area contributed by atoms with Gasteiger partial charge in [0.25, 0.3) is 5.79 Å². The minimum absolute atomic E-state index is 0.262. The van der Waals surface area contributed by atoms with Crippen LogP contribution < -0.4 is 0 Å². The number of rotatable bonds is 2. The lowest BCUT2D eigenvalue weighted by molar-refractivity contribution is -0.245. The van der Waals surface area contributed by atoms with Gasteiger partial charge in [0.15, 0.2) is 0 Å². The highest BCUT2D eigenvalue weighted by Gasteiger charge is 2.40. The van der Waals surface area contributed by atoms with E-state index in [0.717, 1.165) is 0 Å². The molecule has 0 spiro atoms. The van der Waals surface area contributed by atoms with Crippen LogP contribution in [0.2, 0.25) is 0 Å². The molecule has 0 unspecified atom stereocenters. The van der Waals surface area contributed by atoms with Crippen molar-refractivity contribution in [3.63, 3.8) is 0 Å². The first-order valence-electron chi connectivity index (χ1n) is 4.05. The van der Waals surface area contributed by atoms with E-state index < -0.39 is 17.7 Å². The van der Waals surface area contributed by atoms with Crippen molar-refractivity contribution in [2.75, 3.05) is 0 Å². The van der Waals surface area contributed by atoms with E-state index in [0.29, 0.717) is 12.8 Å². The molecule has 0 aliphatic carbocycles.